The van der Waals surface area contributed by atoms with Gasteiger partial charge in [-0.25, -0.2) is 4.79 Å². The SMILES string of the molecule is Cc1c(C(C)(C)C)[nH]c(C(=O)O)c1N. The highest BCUT2D eigenvalue weighted by atomic mass is 16.4. The Bertz CT molecular complexity index is 372. The second-order valence-corrected chi connectivity index (χ2v) is 4.47. The van der Waals surface area contributed by atoms with Crippen LogP contribution in [0.15, 0.2) is 0 Å². The number of hydrogen-bond acceptors (Lipinski definition) is 2. The summed E-state index contributed by atoms with van der Waals surface area (Å²) in [7, 11) is 0. The first-order valence-corrected chi connectivity index (χ1v) is 4.47. The lowest BCUT2D eigenvalue weighted by Crippen LogP contribution is -2.13. The number of nitrogens with one attached hydrogen (secondary N) is 1. The van der Waals surface area contributed by atoms with Crippen LogP contribution in [0.4, 0.5) is 5.69 Å². The number of aromatic nitrogens is 1. The minimum absolute atomic E-state index is 0.0902. The van der Waals surface area contributed by atoms with Gasteiger partial charge in [-0.2, -0.15) is 0 Å². The van der Waals surface area contributed by atoms with Crippen LogP contribution in [-0.4, -0.2) is 16.1 Å². The number of carbonyl (C=O) groups is 1. The molecule has 78 valence electrons. The van der Waals surface area contributed by atoms with Crippen LogP contribution in [0.25, 0.3) is 0 Å². The van der Waals surface area contributed by atoms with Gasteiger partial charge in [0.05, 0.1) is 5.69 Å². The van der Waals surface area contributed by atoms with Crippen molar-refractivity contribution in [3.63, 3.8) is 0 Å². The molecule has 0 aromatic carbocycles. The third kappa shape index (κ3) is 1.60. The second kappa shape index (κ2) is 3.04. The molecule has 0 radical (unpaired) electrons. The molecule has 0 amide bonds. The second-order valence-electron chi connectivity index (χ2n) is 4.47. The summed E-state index contributed by atoms with van der Waals surface area (Å²) in [6.45, 7) is 7.86. The minimum Gasteiger partial charge on any atom is -0.477 e. The van der Waals surface area contributed by atoms with E-state index in [-0.39, 0.29) is 11.1 Å². The first-order valence-electron chi connectivity index (χ1n) is 4.47. The van der Waals surface area contributed by atoms with Crippen molar-refractivity contribution in [3.05, 3.63) is 17.0 Å². The third-order valence-electron chi connectivity index (χ3n) is 2.26. The number of aromatic amines is 1. The summed E-state index contributed by atoms with van der Waals surface area (Å²) in [6, 6.07) is 0. The van der Waals surface area contributed by atoms with E-state index in [1.807, 2.05) is 27.7 Å². The standard InChI is InChI=1S/C10H16N2O2/c1-5-6(11)7(9(13)14)12-8(5)10(2,3)4/h12H,11H2,1-4H3,(H,13,14). The Kier molecular flexibility index (Phi) is 2.31. The highest BCUT2D eigenvalue weighted by Gasteiger charge is 2.24. The maximum atomic E-state index is 10.8. The van der Waals surface area contributed by atoms with Gasteiger partial charge in [0.15, 0.2) is 0 Å². The van der Waals surface area contributed by atoms with E-state index in [4.69, 9.17) is 10.8 Å². The predicted molar refractivity (Wildman–Crippen MR) is 55.6 cm³/mol. The van der Waals surface area contributed by atoms with Gasteiger partial charge >= 0.3 is 5.97 Å². The normalized spacial score (nSPS) is 11.7. The smallest absolute Gasteiger partial charge is 0.354 e. The number of H-pyrrole nitrogens is 1. The molecule has 0 spiro atoms. The predicted octanol–water partition coefficient (Wildman–Crippen LogP) is 1.90. The van der Waals surface area contributed by atoms with Crippen molar-refractivity contribution in [2.75, 3.05) is 5.73 Å². The molecule has 0 unspecified atom stereocenters. The third-order valence-corrected chi connectivity index (χ3v) is 2.26. The fourth-order valence-electron chi connectivity index (χ4n) is 1.53. The molecule has 0 saturated heterocycles. The molecule has 4 heteroatoms. The maximum absolute atomic E-state index is 10.8. The van der Waals surface area contributed by atoms with Gasteiger partial charge in [0, 0.05) is 11.1 Å². The van der Waals surface area contributed by atoms with Gasteiger partial charge in [-0.15, -0.1) is 0 Å². The molecule has 4 N–H and O–H groups in total. The molecule has 1 rings (SSSR count). The summed E-state index contributed by atoms with van der Waals surface area (Å²) < 4.78 is 0. The fourth-order valence-corrected chi connectivity index (χ4v) is 1.53. The lowest BCUT2D eigenvalue weighted by atomic mass is 9.90. The van der Waals surface area contributed by atoms with E-state index in [9.17, 15) is 4.79 Å². The number of nitrogen functional groups attached to an aromatic ring is 1. The number of nitrogens with two attached hydrogens (primary N) is 1. The molecule has 0 fully saturated rings. The Labute approximate surface area is 83.1 Å². The molecular weight excluding hydrogens is 180 g/mol. The van der Waals surface area contributed by atoms with Gasteiger partial charge in [0.25, 0.3) is 0 Å². The Hall–Kier alpha value is -1.45. The average molecular weight is 196 g/mol. The van der Waals surface area contributed by atoms with Crippen molar-refractivity contribution in [3.8, 4) is 0 Å². The summed E-state index contributed by atoms with van der Waals surface area (Å²) >= 11 is 0. The Balaban J connectivity index is 3.37. The van der Waals surface area contributed by atoms with Gasteiger partial charge in [-0.05, 0) is 12.5 Å². The van der Waals surface area contributed by atoms with Crippen molar-refractivity contribution >= 4 is 11.7 Å². The van der Waals surface area contributed by atoms with Crippen LogP contribution < -0.4 is 5.73 Å². The molecule has 0 aliphatic carbocycles. The summed E-state index contributed by atoms with van der Waals surface area (Å²) in [5, 5.41) is 8.86. The van der Waals surface area contributed by atoms with E-state index in [1.165, 1.54) is 0 Å². The van der Waals surface area contributed by atoms with Gasteiger partial charge < -0.3 is 15.8 Å². The summed E-state index contributed by atoms with van der Waals surface area (Å²) in [4.78, 5) is 13.7. The largest absolute Gasteiger partial charge is 0.477 e. The summed E-state index contributed by atoms with van der Waals surface area (Å²) in [5.41, 5.74) is 7.71. The molecule has 1 aromatic rings. The molecular formula is C10H16N2O2. The molecule has 0 bridgehead atoms. The molecule has 0 aliphatic rings. The number of carboxylic acids is 1. The number of carboxylic acid groups (broad SMARTS) is 1. The Morgan fingerprint density at radius 3 is 2.14 bits per heavy atom. The zero-order valence-electron chi connectivity index (χ0n) is 8.93. The van der Waals surface area contributed by atoms with E-state index >= 15 is 0 Å². The quantitative estimate of drug-likeness (QED) is 0.641. The van der Waals surface area contributed by atoms with E-state index < -0.39 is 5.97 Å². The maximum Gasteiger partial charge on any atom is 0.354 e. The fraction of sp³-hybridized carbons (Fsp3) is 0.500. The first-order chi connectivity index (χ1) is 6.25. The van der Waals surface area contributed by atoms with E-state index in [0.717, 1.165) is 11.3 Å². The van der Waals surface area contributed by atoms with Crippen molar-refractivity contribution in [1.29, 1.82) is 0 Å². The summed E-state index contributed by atoms with van der Waals surface area (Å²) in [6.07, 6.45) is 0. The number of rotatable bonds is 1. The lowest BCUT2D eigenvalue weighted by Gasteiger charge is -2.17. The molecule has 4 nitrogen and oxygen atoms in total. The number of hydrogen-bond donors (Lipinski definition) is 3. The van der Waals surface area contributed by atoms with Crippen LogP contribution >= 0.6 is 0 Å². The zero-order valence-corrected chi connectivity index (χ0v) is 8.93. The van der Waals surface area contributed by atoms with Crippen LogP contribution in [0.1, 0.15) is 42.5 Å². The zero-order chi connectivity index (χ0) is 11.1. The van der Waals surface area contributed by atoms with Gasteiger partial charge in [0.1, 0.15) is 5.69 Å². The van der Waals surface area contributed by atoms with Crippen molar-refractivity contribution in [1.82, 2.24) is 4.98 Å². The molecule has 1 aromatic heterocycles. The van der Waals surface area contributed by atoms with E-state index in [1.54, 1.807) is 0 Å². The minimum atomic E-state index is -1.01. The first kappa shape index (κ1) is 10.6. The highest BCUT2D eigenvalue weighted by molar-refractivity contribution is 5.93. The molecule has 14 heavy (non-hydrogen) atoms. The van der Waals surface area contributed by atoms with Crippen LogP contribution in [-0.2, 0) is 5.41 Å². The van der Waals surface area contributed by atoms with Gasteiger partial charge in [-0.3, -0.25) is 0 Å². The lowest BCUT2D eigenvalue weighted by molar-refractivity contribution is 0.0692. The van der Waals surface area contributed by atoms with Gasteiger partial charge in [-0.1, -0.05) is 20.8 Å². The topological polar surface area (TPSA) is 79.1 Å². The van der Waals surface area contributed by atoms with Crippen LogP contribution in [0, 0.1) is 6.92 Å². The van der Waals surface area contributed by atoms with Crippen LogP contribution in [0.3, 0.4) is 0 Å². The number of aromatic carboxylic acids is 1. The Morgan fingerprint density at radius 1 is 1.43 bits per heavy atom. The van der Waals surface area contributed by atoms with E-state index in [0.29, 0.717) is 5.69 Å². The van der Waals surface area contributed by atoms with E-state index in [2.05, 4.69) is 4.98 Å². The summed E-state index contributed by atoms with van der Waals surface area (Å²) in [5.74, 6) is -1.01. The van der Waals surface area contributed by atoms with Crippen molar-refractivity contribution in [2.45, 2.75) is 33.1 Å². The van der Waals surface area contributed by atoms with Crippen LogP contribution in [0.2, 0.25) is 0 Å². The molecule has 0 saturated carbocycles. The highest BCUT2D eigenvalue weighted by Crippen LogP contribution is 2.30. The van der Waals surface area contributed by atoms with Crippen LogP contribution in [0.5, 0.6) is 0 Å². The Morgan fingerprint density at radius 2 is 1.93 bits per heavy atom. The average Bonchev–Trinajstić information content (AvgIpc) is 2.28. The van der Waals surface area contributed by atoms with Crippen molar-refractivity contribution in [2.24, 2.45) is 0 Å². The van der Waals surface area contributed by atoms with Gasteiger partial charge in [0.2, 0.25) is 0 Å². The monoisotopic (exact) mass is 196 g/mol. The molecule has 0 atom stereocenters. The number of anilines is 1. The van der Waals surface area contributed by atoms with Crippen molar-refractivity contribution < 1.29 is 9.90 Å². The molecule has 1 heterocycles. The molecule has 0 aliphatic heterocycles.